The van der Waals surface area contributed by atoms with Gasteiger partial charge in [-0.15, -0.1) is 0 Å². The predicted molar refractivity (Wildman–Crippen MR) is 89.4 cm³/mol. The zero-order valence-corrected chi connectivity index (χ0v) is 14.1. The summed E-state index contributed by atoms with van der Waals surface area (Å²) in [5.74, 6) is 0.976. The van der Waals surface area contributed by atoms with Crippen molar-refractivity contribution in [3.05, 3.63) is 57.0 Å². The highest BCUT2D eigenvalue weighted by atomic mass is 79.9. The third-order valence-electron chi connectivity index (χ3n) is 3.41. The van der Waals surface area contributed by atoms with Crippen molar-refractivity contribution in [1.82, 2.24) is 0 Å². The number of benzene rings is 2. The minimum atomic E-state index is 0.287. The molecule has 1 aliphatic heterocycles. The van der Waals surface area contributed by atoms with Gasteiger partial charge in [-0.1, -0.05) is 44.0 Å². The first-order chi connectivity index (χ1) is 9.72. The molecule has 0 spiro atoms. The molecule has 0 bridgehead atoms. The van der Waals surface area contributed by atoms with Gasteiger partial charge in [-0.25, -0.2) is 0 Å². The molecule has 1 atom stereocenters. The zero-order valence-electron chi connectivity index (χ0n) is 10.9. The molecule has 20 heavy (non-hydrogen) atoms. The average molecular weight is 397 g/mol. The van der Waals surface area contributed by atoms with Crippen molar-refractivity contribution in [3.8, 4) is 5.75 Å². The van der Waals surface area contributed by atoms with Crippen molar-refractivity contribution < 1.29 is 4.74 Å². The van der Waals surface area contributed by atoms with Crippen LogP contribution in [0.25, 0.3) is 0 Å². The molecule has 2 aromatic carbocycles. The monoisotopic (exact) mass is 395 g/mol. The van der Waals surface area contributed by atoms with E-state index in [1.54, 1.807) is 0 Å². The van der Waals surface area contributed by atoms with Crippen LogP contribution >= 0.6 is 31.9 Å². The third kappa shape index (κ3) is 3.18. The van der Waals surface area contributed by atoms with Crippen molar-refractivity contribution in [2.45, 2.75) is 18.9 Å². The van der Waals surface area contributed by atoms with E-state index in [1.807, 2.05) is 12.1 Å². The molecule has 4 heteroatoms. The first-order valence-electron chi connectivity index (χ1n) is 6.67. The molecule has 0 radical (unpaired) electrons. The van der Waals surface area contributed by atoms with E-state index >= 15 is 0 Å². The molecule has 0 aliphatic carbocycles. The Morgan fingerprint density at radius 3 is 2.75 bits per heavy atom. The van der Waals surface area contributed by atoms with Gasteiger partial charge in [-0.05, 0) is 43.2 Å². The molecule has 1 heterocycles. The Kier molecular flexibility index (Phi) is 4.32. The van der Waals surface area contributed by atoms with Gasteiger partial charge in [0, 0.05) is 20.2 Å². The number of anilines is 1. The van der Waals surface area contributed by atoms with Crippen LogP contribution in [-0.4, -0.2) is 6.61 Å². The summed E-state index contributed by atoms with van der Waals surface area (Å²) in [6.45, 7) is 0.778. The molecule has 0 saturated carbocycles. The van der Waals surface area contributed by atoms with Crippen LogP contribution in [0.15, 0.2) is 51.4 Å². The van der Waals surface area contributed by atoms with Crippen LogP contribution in [0.4, 0.5) is 5.69 Å². The van der Waals surface area contributed by atoms with E-state index in [4.69, 9.17) is 4.74 Å². The third-order valence-corrected chi connectivity index (χ3v) is 4.40. The molecule has 1 unspecified atom stereocenters. The normalized spacial score (nSPS) is 17.8. The molecule has 1 aliphatic rings. The van der Waals surface area contributed by atoms with E-state index in [9.17, 15) is 0 Å². The van der Waals surface area contributed by atoms with Gasteiger partial charge < -0.3 is 10.1 Å². The van der Waals surface area contributed by atoms with Gasteiger partial charge >= 0.3 is 0 Å². The Bertz CT molecular complexity index is 615. The van der Waals surface area contributed by atoms with Gasteiger partial charge in [0.1, 0.15) is 5.75 Å². The van der Waals surface area contributed by atoms with Crippen molar-refractivity contribution >= 4 is 37.5 Å². The number of fused-ring (bicyclic) bond motifs is 1. The van der Waals surface area contributed by atoms with Crippen molar-refractivity contribution in [2.24, 2.45) is 0 Å². The van der Waals surface area contributed by atoms with Gasteiger partial charge in [0.15, 0.2) is 0 Å². The SMILES string of the molecule is Brc1cccc(NC2CCCOc3cc(Br)ccc32)c1. The van der Waals surface area contributed by atoms with E-state index < -0.39 is 0 Å². The van der Waals surface area contributed by atoms with Gasteiger partial charge in [-0.2, -0.15) is 0 Å². The summed E-state index contributed by atoms with van der Waals surface area (Å²) >= 11 is 7.02. The lowest BCUT2D eigenvalue weighted by atomic mass is 10.0. The van der Waals surface area contributed by atoms with Crippen LogP contribution in [0, 0.1) is 0 Å². The van der Waals surface area contributed by atoms with Crippen LogP contribution in [0.1, 0.15) is 24.4 Å². The first kappa shape index (κ1) is 14.0. The Hall–Kier alpha value is -1.00. The lowest BCUT2D eigenvalue weighted by molar-refractivity contribution is 0.316. The summed E-state index contributed by atoms with van der Waals surface area (Å²) in [7, 11) is 0. The molecule has 1 N–H and O–H groups in total. The predicted octanol–water partition coefficient (Wildman–Crippen LogP) is 5.54. The highest BCUT2D eigenvalue weighted by Gasteiger charge is 2.19. The Morgan fingerprint density at radius 1 is 1.05 bits per heavy atom. The minimum absolute atomic E-state index is 0.287. The van der Waals surface area contributed by atoms with Crippen molar-refractivity contribution in [3.63, 3.8) is 0 Å². The Morgan fingerprint density at radius 2 is 1.90 bits per heavy atom. The van der Waals surface area contributed by atoms with E-state index in [0.717, 1.165) is 39.8 Å². The van der Waals surface area contributed by atoms with Gasteiger partial charge in [0.2, 0.25) is 0 Å². The second kappa shape index (κ2) is 6.19. The second-order valence-electron chi connectivity index (χ2n) is 4.88. The van der Waals surface area contributed by atoms with Gasteiger partial charge in [0.25, 0.3) is 0 Å². The van der Waals surface area contributed by atoms with Crippen LogP contribution in [0.3, 0.4) is 0 Å². The number of rotatable bonds is 2. The fourth-order valence-corrected chi connectivity index (χ4v) is 3.21. The quantitative estimate of drug-likeness (QED) is 0.719. The minimum Gasteiger partial charge on any atom is -0.493 e. The van der Waals surface area contributed by atoms with Gasteiger partial charge in [-0.3, -0.25) is 0 Å². The van der Waals surface area contributed by atoms with E-state index in [0.29, 0.717) is 0 Å². The first-order valence-corrected chi connectivity index (χ1v) is 8.25. The second-order valence-corrected chi connectivity index (χ2v) is 6.71. The average Bonchev–Trinajstić information content (AvgIpc) is 2.61. The number of hydrogen-bond acceptors (Lipinski definition) is 2. The Balaban J connectivity index is 1.90. The van der Waals surface area contributed by atoms with Crippen LogP contribution in [0.2, 0.25) is 0 Å². The molecular formula is C16H15Br2NO. The van der Waals surface area contributed by atoms with Gasteiger partial charge in [0.05, 0.1) is 12.6 Å². The molecule has 104 valence electrons. The standard InChI is InChI=1S/C16H15Br2NO/c17-11-3-1-4-13(9-11)19-15-5-2-8-20-16-10-12(18)6-7-14(15)16/h1,3-4,6-7,9-10,15,19H,2,5,8H2. The molecule has 0 fully saturated rings. The maximum atomic E-state index is 5.84. The highest BCUT2D eigenvalue weighted by Crippen LogP contribution is 2.35. The highest BCUT2D eigenvalue weighted by molar-refractivity contribution is 9.10. The van der Waals surface area contributed by atoms with Crippen LogP contribution in [-0.2, 0) is 0 Å². The topological polar surface area (TPSA) is 21.3 Å². The molecule has 0 aromatic heterocycles. The maximum absolute atomic E-state index is 5.84. The number of halogens is 2. The summed E-state index contributed by atoms with van der Waals surface area (Å²) in [6, 6.07) is 14.8. The Labute approximate surface area is 135 Å². The van der Waals surface area contributed by atoms with E-state index in [-0.39, 0.29) is 6.04 Å². The van der Waals surface area contributed by atoms with E-state index in [2.05, 4.69) is 67.5 Å². The molecular weight excluding hydrogens is 382 g/mol. The van der Waals surface area contributed by atoms with Crippen LogP contribution in [0.5, 0.6) is 5.75 Å². The molecule has 0 amide bonds. The lowest BCUT2D eigenvalue weighted by Crippen LogP contribution is -2.10. The maximum Gasteiger partial charge on any atom is 0.125 e. The molecule has 3 rings (SSSR count). The molecule has 2 aromatic rings. The zero-order chi connectivity index (χ0) is 13.9. The number of hydrogen-bond donors (Lipinski definition) is 1. The smallest absolute Gasteiger partial charge is 0.125 e. The largest absolute Gasteiger partial charge is 0.493 e. The fourth-order valence-electron chi connectivity index (χ4n) is 2.48. The summed E-state index contributed by atoms with van der Waals surface area (Å²) < 4.78 is 7.98. The van der Waals surface area contributed by atoms with E-state index in [1.165, 1.54) is 5.56 Å². The molecule has 2 nitrogen and oxygen atoms in total. The summed E-state index contributed by atoms with van der Waals surface area (Å²) in [5, 5.41) is 3.61. The summed E-state index contributed by atoms with van der Waals surface area (Å²) in [5.41, 5.74) is 2.35. The van der Waals surface area contributed by atoms with Crippen LogP contribution < -0.4 is 10.1 Å². The molecule has 0 saturated heterocycles. The van der Waals surface area contributed by atoms with Crippen molar-refractivity contribution in [2.75, 3.05) is 11.9 Å². The number of ether oxygens (including phenoxy) is 1. The summed E-state index contributed by atoms with van der Waals surface area (Å²) in [4.78, 5) is 0. The fraction of sp³-hybridized carbons (Fsp3) is 0.250. The number of nitrogens with one attached hydrogen (secondary N) is 1. The lowest BCUT2D eigenvalue weighted by Gasteiger charge is -2.20. The summed E-state index contributed by atoms with van der Waals surface area (Å²) in [6.07, 6.45) is 2.12. The van der Waals surface area contributed by atoms with Crippen molar-refractivity contribution in [1.29, 1.82) is 0 Å².